The van der Waals surface area contributed by atoms with Gasteiger partial charge in [0, 0.05) is 0 Å². The Morgan fingerprint density at radius 1 is 1.80 bits per heavy atom. The molecule has 1 rings (SSSR count). The molecule has 1 radical (unpaired) electrons. The molecule has 0 aromatic heterocycles. The molecule has 5 heavy (non-hydrogen) atoms. The lowest BCUT2D eigenvalue weighted by Crippen LogP contribution is -1.69. The molecule has 1 fully saturated rings. The summed E-state index contributed by atoms with van der Waals surface area (Å²) in [6.07, 6.45) is 0. The fourth-order valence-corrected chi connectivity index (χ4v) is 0.417. The van der Waals surface area contributed by atoms with Crippen LogP contribution < -0.4 is 0 Å². The second-order valence-electron chi connectivity index (χ2n) is 0.615. The quantitative estimate of drug-likeness (QED) is 0.410. The summed E-state index contributed by atoms with van der Waals surface area (Å²) in [5.41, 5.74) is 0. The molecule has 0 amide bonds. The van der Waals surface area contributed by atoms with Crippen LogP contribution in [0.4, 0.5) is 0 Å². The predicted octanol–water partition coefficient (Wildman–Crippen LogP) is 0.758. The molecule has 1 aliphatic heterocycles. The molecule has 1 saturated heterocycles. The van der Waals surface area contributed by atoms with Gasteiger partial charge in [-0.3, -0.25) is 8.37 Å². The molecule has 0 aromatic rings. The molecular formula is C2H3O2S. The van der Waals surface area contributed by atoms with Gasteiger partial charge in [0.2, 0.25) is 0 Å². The van der Waals surface area contributed by atoms with Crippen molar-refractivity contribution in [2.75, 3.05) is 6.61 Å². The molecule has 1 heterocycles. The second-order valence-corrected chi connectivity index (χ2v) is 1.18. The summed E-state index contributed by atoms with van der Waals surface area (Å²) in [5.74, 6) is 0. The van der Waals surface area contributed by atoms with Gasteiger partial charge in [-0.1, -0.05) is 0 Å². The first-order chi connectivity index (χ1) is 2.50. The number of rotatable bonds is 0. The highest BCUT2D eigenvalue weighted by Crippen LogP contribution is 2.13. The molecule has 0 bridgehead atoms. The third kappa shape index (κ3) is 0.792. The third-order valence-corrected chi connectivity index (χ3v) is 0.738. The summed E-state index contributed by atoms with van der Waals surface area (Å²) in [6, 6.07) is 0. The fourth-order valence-electron chi connectivity index (χ4n) is 0.139. The SMILES string of the molecule is [CH]1COSO1. The first kappa shape index (κ1) is 3.46. The first-order valence-corrected chi connectivity index (χ1v) is 1.93. The first-order valence-electron chi connectivity index (χ1n) is 1.27. The maximum atomic E-state index is 4.58. The van der Waals surface area contributed by atoms with Gasteiger partial charge in [0.1, 0.15) is 6.61 Å². The molecule has 29 valence electrons. The lowest BCUT2D eigenvalue weighted by Gasteiger charge is -1.71. The van der Waals surface area contributed by atoms with E-state index in [4.69, 9.17) is 0 Å². The van der Waals surface area contributed by atoms with Gasteiger partial charge in [-0.25, -0.2) is 0 Å². The molecule has 0 spiro atoms. The summed E-state index contributed by atoms with van der Waals surface area (Å²) >= 11 is 1.02. The lowest BCUT2D eigenvalue weighted by atomic mass is 10.8. The Bertz CT molecular complexity index is 19.2. The Hall–Kier alpha value is 0.270. The summed E-state index contributed by atoms with van der Waals surface area (Å²) in [7, 11) is 0. The number of hydrogen-bond donors (Lipinski definition) is 0. The van der Waals surface area contributed by atoms with E-state index in [0.717, 1.165) is 12.3 Å². The molecule has 0 unspecified atom stereocenters. The summed E-state index contributed by atoms with van der Waals surface area (Å²) in [4.78, 5) is 0. The van der Waals surface area contributed by atoms with Gasteiger partial charge in [0.15, 0.2) is 12.3 Å². The number of hydrogen-bond acceptors (Lipinski definition) is 3. The Morgan fingerprint density at radius 3 is 3.00 bits per heavy atom. The maximum absolute atomic E-state index is 4.58. The van der Waals surface area contributed by atoms with Gasteiger partial charge in [0.05, 0.1) is 6.61 Å². The zero-order valence-corrected chi connectivity index (χ0v) is 3.33. The molecule has 2 nitrogen and oxygen atoms in total. The van der Waals surface area contributed by atoms with Crippen molar-refractivity contribution in [3.63, 3.8) is 0 Å². The zero-order valence-electron chi connectivity index (χ0n) is 2.51. The van der Waals surface area contributed by atoms with E-state index in [1.165, 1.54) is 0 Å². The molecular weight excluding hydrogens is 88.1 g/mol. The molecule has 3 heteroatoms. The van der Waals surface area contributed by atoms with Crippen molar-refractivity contribution in [2.45, 2.75) is 0 Å². The standard InChI is InChI=1S/C2H3O2S/c1-2-4-5-3-1/h1H,2H2. The smallest absolute Gasteiger partial charge is 0.159 e. The van der Waals surface area contributed by atoms with Gasteiger partial charge in [-0.2, -0.15) is 0 Å². The van der Waals surface area contributed by atoms with Crippen LogP contribution >= 0.6 is 12.3 Å². The van der Waals surface area contributed by atoms with Crippen molar-refractivity contribution in [1.29, 1.82) is 0 Å². The largest absolute Gasteiger partial charge is 0.288 e. The Labute approximate surface area is 34.9 Å². The Balaban J connectivity index is 2.08. The highest BCUT2D eigenvalue weighted by atomic mass is 32.2. The van der Waals surface area contributed by atoms with Crippen LogP contribution in [0.1, 0.15) is 0 Å². The van der Waals surface area contributed by atoms with Crippen molar-refractivity contribution in [1.82, 2.24) is 0 Å². The Kier molecular flexibility index (Phi) is 1.14. The molecule has 0 atom stereocenters. The van der Waals surface area contributed by atoms with Crippen LogP contribution in [0, 0.1) is 6.61 Å². The van der Waals surface area contributed by atoms with Gasteiger partial charge >= 0.3 is 0 Å². The van der Waals surface area contributed by atoms with E-state index in [0.29, 0.717) is 6.61 Å². The maximum Gasteiger partial charge on any atom is 0.159 e. The molecule has 0 aliphatic carbocycles. The monoisotopic (exact) mass is 91.0 g/mol. The topological polar surface area (TPSA) is 18.5 Å². The van der Waals surface area contributed by atoms with Crippen LogP contribution in [0.2, 0.25) is 0 Å². The van der Waals surface area contributed by atoms with E-state index in [1.54, 1.807) is 6.61 Å². The van der Waals surface area contributed by atoms with Gasteiger partial charge in [0.25, 0.3) is 0 Å². The van der Waals surface area contributed by atoms with Crippen molar-refractivity contribution < 1.29 is 8.37 Å². The van der Waals surface area contributed by atoms with E-state index in [1.807, 2.05) is 0 Å². The second kappa shape index (κ2) is 1.64. The average Bonchev–Trinajstić information content (AvgIpc) is 1.76. The van der Waals surface area contributed by atoms with Crippen molar-refractivity contribution in [3.05, 3.63) is 6.61 Å². The highest BCUT2D eigenvalue weighted by Gasteiger charge is 1.98. The van der Waals surface area contributed by atoms with E-state index >= 15 is 0 Å². The lowest BCUT2D eigenvalue weighted by molar-refractivity contribution is 0.424. The van der Waals surface area contributed by atoms with E-state index in [9.17, 15) is 0 Å². The van der Waals surface area contributed by atoms with Gasteiger partial charge in [-0.05, 0) is 0 Å². The van der Waals surface area contributed by atoms with Crippen LogP contribution in [0.3, 0.4) is 0 Å². The molecule has 0 aromatic carbocycles. The van der Waals surface area contributed by atoms with E-state index in [2.05, 4.69) is 8.37 Å². The fraction of sp³-hybridized carbons (Fsp3) is 0.500. The predicted molar refractivity (Wildman–Crippen MR) is 18.9 cm³/mol. The van der Waals surface area contributed by atoms with Crippen molar-refractivity contribution in [3.8, 4) is 0 Å². The molecule has 1 aliphatic rings. The minimum Gasteiger partial charge on any atom is -0.288 e. The normalized spacial score (nSPS) is 24.0. The highest BCUT2D eigenvalue weighted by molar-refractivity contribution is 7.90. The van der Waals surface area contributed by atoms with Crippen LogP contribution in [0.5, 0.6) is 0 Å². The van der Waals surface area contributed by atoms with E-state index < -0.39 is 0 Å². The third-order valence-electron chi connectivity index (χ3n) is 0.292. The van der Waals surface area contributed by atoms with Crippen LogP contribution in [-0.2, 0) is 8.37 Å². The Morgan fingerprint density at radius 2 is 2.80 bits per heavy atom. The van der Waals surface area contributed by atoms with Gasteiger partial charge < -0.3 is 0 Å². The molecule has 0 saturated carbocycles. The van der Waals surface area contributed by atoms with Crippen molar-refractivity contribution in [2.24, 2.45) is 0 Å². The minimum atomic E-state index is 0.616. The summed E-state index contributed by atoms with van der Waals surface area (Å²) in [5, 5.41) is 0. The van der Waals surface area contributed by atoms with Crippen LogP contribution in [0.15, 0.2) is 0 Å². The molecule has 0 N–H and O–H groups in total. The average molecular weight is 91.1 g/mol. The van der Waals surface area contributed by atoms with Crippen LogP contribution in [0.25, 0.3) is 0 Å². The summed E-state index contributed by atoms with van der Waals surface area (Å²) in [6.45, 7) is 2.22. The minimum absolute atomic E-state index is 0.616. The van der Waals surface area contributed by atoms with E-state index in [-0.39, 0.29) is 0 Å². The zero-order chi connectivity index (χ0) is 3.54. The van der Waals surface area contributed by atoms with Crippen LogP contribution in [-0.4, -0.2) is 6.61 Å². The summed E-state index contributed by atoms with van der Waals surface area (Å²) < 4.78 is 9.10. The van der Waals surface area contributed by atoms with Gasteiger partial charge in [-0.15, -0.1) is 0 Å². The van der Waals surface area contributed by atoms with Crippen molar-refractivity contribution >= 4 is 12.3 Å².